The van der Waals surface area contributed by atoms with Crippen molar-refractivity contribution in [3.8, 4) is 23.1 Å². The van der Waals surface area contributed by atoms with Gasteiger partial charge in [0, 0.05) is 24.9 Å². The zero-order chi connectivity index (χ0) is 26.8. The molecule has 0 saturated carbocycles. The number of carbonyl (C=O) groups is 1. The maximum atomic E-state index is 14.8. The maximum absolute atomic E-state index is 14.8. The Balaban J connectivity index is 2.09. The van der Waals surface area contributed by atoms with Crippen LogP contribution in [-0.2, 0) is 22.8 Å². The molecule has 2 aromatic heterocycles. The predicted molar refractivity (Wildman–Crippen MR) is 118 cm³/mol. The summed E-state index contributed by atoms with van der Waals surface area (Å²) >= 11 is 6.07. The van der Waals surface area contributed by atoms with Gasteiger partial charge in [-0.2, -0.15) is 13.2 Å². The molecule has 0 bridgehead atoms. The number of alkyl halides is 3. The number of nitrogens with zero attached hydrogens (tertiary/aromatic N) is 3. The van der Waals surface area contributed by atoms with Crippen LogP contribution in [0.5, 0.6) is 17.4 Å². The van der Waals surface area contributed by atoms with Gasteiger partial charge >= 0.3 is 17.8 Å². The van der Waals surface area contributed by atoms with Gasteiger partial charge in [0.05, 0.1) is 17.3 Å². The van der Waals surface area contributed by atoms with E-state index in [-0.39, 0.29) is 38.1 Å². The standard InChI is InChI=1S/C22H18ClF4N3O6/c1-4-34-17(31)10-35-19-15(6-5-7-28-19)36-16-9-14(13(24)8-12(16)23)30-20(32)11(2)18(22(25,26)27)29(3)21(30)33/h5-9H,4,10H2,1-3H3. The number of aromatic nitrogens is 3. The Morgan fingerprint density at radius 3 is 2.53 bits per heavy atom. The number of benzene rings is 1. The number of esters is 1. The first-order valence-electron chi connectivity index (χ1n) is 10.2. The fraction of sp³-hybridized carbons (Fsp3) is 0.273. The number of halogens is 5. The number of pyridine rings is 1. The van der Waals surface area contributed by atoms with Crippen LogP contribution in [0.2, 0.25) is 5.02 Å². The van der Waals surface area contributed by atoms with E-state index in [2.05, 4.69) is 4.98 Å². The quantitative estimate of drug-likeness (QED) is 0.338. The Bertz CT molecular complexity index is 1400. The summed E-state index contributed by atoms with van der Waals surface area (Å²) in [6.45, 7) is 2.11. The molecule has 0 saturated heterocycles. The summed E-state index contributed by atoms with van der Waals surface area (Å²) < 4.78 is 71.0. The number of carbonyl (C=O) groups excluding carboxylic acids is 1. The molecule has 2 heterocycles. The van der Waals surface area contributed by atoms with E-state index in [4.69, 9.17) is 25.8 Å². The smallest absolute Gasteiger partial charge is 0.432 e. The Morgan fingerprint density at radius 1 is 1.19 bits per heavy atom. The van der Waals surface area contributed by atoms with E-state index < -0.39 is 52.8 Å². The average Bonchev–Trinajstić information content (AvgIpc) is 2.79. The lowest BCUT2D eigenvalue weighted by atomic mass is 10.2. The highest BCUT2D eigenvalue weighted by molar-refractivity contribution is 6.32. The second-order valence-corrected chi connectivity index (χ2v) is 7.60. The monoisotopic (exact) mass is 531 g/mol. The number of rotatable bonds is 7. The molecule has 0 aliphatic heterocycles. The first-order chi connectivity index (χ1) is 16.9. The molecule has 1 aromatic carbocycles. The molecule has 9 nitrogen and oxygen atoms in total. The minimum absolute atomic E-state index is 0.0786. The Hall–Kier alpha value is -3.87. The molecule has 0 unspecified atom stereocenters. The summed E-state index contributed by atoms with van der Waals surface area (Å²) in [5.74, 6) is -2.37. The summed E-state index contributed by atoms with van der Waals surface area (Å²) in [5.41, 5.74) is -5.79. The summed E-state index contributed by atoms with van der Waals surface area (Å²) in [6.07, 6.45) is -3.66. The van der Waals surface area contributed by atoms with Gasteiger partial charge in [0.15, 0.2) is 12.4 Å². The van der Waals surface area contributed by atoms with Crippen LogP contribution >= 0.6 is 11.6 Å². The van der Waals surface area contributed by atoms with Gasteiger partial charge in [0.2, 0.25) is 0 Å². The largest absolute Gasteiger partial charge is 0.463 e. The van der Waals surface area contributed by atoms with Gasteiger partial charge in [0.1, 0.15) is 17.3 Å². The molecule has 0 atom stereocenters. The lowest BCUT2D eigenvalue weighted by Crippen LogP contribution is -2.43. The van der Waals surface area contributed by atoms with E-state index in [0.29, 0.717) is 0 Å². The number of hydrogen-bond acceptors (Lipinski definition) is 7. The molecular weight excluding hydrogens is 514 g/mol. The van der Waals surface area contributed by atoms with Crippen LogP contribution in [0.25, 0.3) is 5.69 Å². The van der Waals surface area contributed by atoms with Crippen molar-refractivity contribution >= 4 is 17.6 Å². The second-order valence-electron chi connectivity index (χ2n) is 7.19. The van der Waals surface area contributed by atoms with Crippen molar-refractivity contribution in [1.29, 1.82) is 0 Å². The zero-order valence-electron chi connectivity index (χ0n) is 19.0. The molecule has 0 amide bonds. The molecule has 0 aliphatic carbocycles. The van der Waals surface area contributed by atoms with E-state index in [1.165, 1.54) is 18.3 Å². The van der Waals surface area contributed by atoms with Gasteiger partial charge in [0.25, 0.3) is 11.4 Å². The zero-order valence-corrected chi connectivity index (χ0v) is 19.7. The van der Waals surface area contributed by atoms with Crippen LogP contribution in [0.4, 0.5) is 17.6 Å². The van der Waals surface area contributed by atoms with E-state index in [0.717, 1.165) is 26.1 Å². The topological polar surface area (TPSA) is 102 Å². The number of hydrogen-bond donors (Lipinski definition) is 0. The van der Waals surface area contributed by atoms with Crippen LogP contribution in [-0.4, -0.2) is 33.3 Å². The average molecular weight is 532 g/mol. The molecule has 3 aromatic rings. The molecular formula is C22H18ClF4N3O6. The normalized spacial score (nSPS) is 11.3. The van der Waals surface area contributed by atoms with Gasteiger partial charge in [-0.3, -0.25) is 9.36 Å². The van der Waals surface area contributed by atoms with Crippen molar-refractivity contribution in [1.82, 2.24) is 14.1 Å². The molecule has 0 spiro atoms. The molecule has 192 valence electrons. The van der Waals surface area contributed by atoms with Gasteiger partial charge in [-0.05, 0) is 32.0 Å². The van der Waals surface area contributed by atoms with Gasteiger partial charge in [-0.15, -0.1) is 0 Å². The Morgan fingerprint density at radius 2 is 1.89 bits per heavy atom. The highest BCUT2D eigenvalue weighted by atomic mass is 35.5. The van der Waals surface area contributed by atoms with Crippen LogP contribution < -0.4 is 20.7 Å². The highest BCUT2D eigenvalue weighted by Crippen LogP contribution is 2.36. The third-order valence-electron chi connectivity index (χ3n) is 4.79. The molecule has 36 heavy (non-hydrogen) atoms. The third kappa shape index (κ3) is 5.35. The minimum Gasteiger partial charge on any atom is -0.463 e. The lowest BCUT2D eigenvalue weighted by molar-refractivity contribution is -0.146. The number of ether oxygens (including phenoxy) is 3. The van der Waals surface area contributed by atoms with Gasteiger partial charge in [-0.1, -0.05) is 11.6 Å². The fourth-order valence-electron chi connectivity index (χ4n) is 3.25. The third-order valence-corrected chi connectivity index (χ3v) is 5.09. The van der Waals surface area contributed by atoms with E-state index >= 15 is 0 Å². The van der Waals surface area contributed by atoms with Crippen molar-refractivity contribution in [3.05, 3.63) is 73.4 Å². The Labute approximate surface area is 205 Å². The fourth-order valence-corrected chi connectivity index (χ4v) is 3.44. The SMILES string of the molecule is CCOC(=O)COc1ncccc1Oc1cc(-n2c(=O)c(C)c(C(F)(F)F)n(C)c2=O)c(F)cc1Cl. The summed E-state index contributed by atoms with van der Waals surface area (Å²) in [7, 11) is 0.808. The van der Waals surface area contributed by atoms with Crippen LogP contribution in [0.1, 0.15) is 18.2 Å². The lowest BCUT2D eigenvalue weighted by Gasteiger charge is -2.18. The molecule has 0 N–H and O–H groups in total. The second kappa shape index (κ2) is 10.4. The highest BCUT2D eigenvalue weighted by Gasteiger charge is 2.38. The van der Waals surface area contributed by atoms with Crippen molar-refractivity contribution in [2.75, 3.05) is 13.2 Å². The first-order valence-corrected chi connectivity index (χ1v) is 10.5. The summed E-state index contributed by atoms with van der Waals surface area (Å²) in [6, 6.07) is 4.42. The first kappa shape index (κ1) is 26.7. The summed E-state index contributed by atoms with van der Waals surface area (Å²) in [4.78, 5) is 40.9. The Kier molecular flexibility index (Phi) is 7.72. The van der Waals surface area contributed by atoms with E-state index in [1.54, 1.807) is 6.92 Å². The van der Waals surface area contributed by atoms with Crippen molar-refractivity contribution in [2.45, 2.75) is 20.0 Å². The van der Waals surface area contributed by atoms with E-state index in [9.17, 15) is 31.9 Å². The maximum Gasteiger partial charge on any atom is 0.432 e. The van der Waals surface area contributed by atoms with Crippen molar-refractivity contribution in [3.63, 3.8) is 0 Å². The van der Waals surface area contributed by atoms with Crippen LogP contribution in [0, 0.1) is 12.7 Å². The van der Waals surface area contributed by atoms with Gasteiger partial charge in [-0.25, -0.2) is 23.5 Å². The summed E-state index contributed by atoms with van der Waals surface area (Å²) in [5, 5.41) is -0.301. The van der Waals surface area contributed by atoms with E-state index in [1.807, 2.05) is 0 Å². The molecule has 0 aliphatic rings. The van der Waals surface area contributed by atoms with Gasteiger partial charge < -0.3 is 14.2 Å². The minimum atomic E-state index is -5.00. The van der Waals surface area contributed by atoms with Crippen LogP contribution in [0.15, 0.2) is 40.1 Å². The van der Waals surface area contributed by atoms with Crippen LogP contribution in [0.3, 0.4) is 0 Å². The molecule has 14 heteroatoms. The van der Waals surface area contributed by atoms with Crippen molar-refractivity contribution < 1.29 is 36.6 Å². The predicted octanol–water partition coefficient (Wildman–Crippen LogP) is 3.79. The molecule has 0 fully saturated rings. The van der Waals surface area contributed by atoms with Crippen molar-refractivity contribution in [2.24, 2.45) is 7.05 Å². The molecule has 0 radical (unpaired) electrons. The molecule has 3 rings (SSSR count).